The second kappa shape index (κ2) is 7.57. The monoisotopic (exact) mass is 402 g/mol. The van der Waals surface area contributed by atoms with Crippen LogP contribution < -0.4 is 0 Å². The number of hydrogen-bond donors (Lipinski definition) is 1. The SMILES string of the molecule is Cc1ccc(-n2nc(-c3ccc(Cl)cc3)c(C(=O)O)c2-c2ccccc2)cc1C. The highest BCUT2D eigenvalue weighted by molar-refractivity contribution is 6.30. The van der Waals surface area contributed by atoms with Crippen LogP contribution in [0.25, 0.3) is 28.2 Å². The third-order valence-corrected chi connectivity index (χ3v) is 5.25. The van der Waals surface area contributed by atoms with Crippen LogP contribution in [0.2, 0.25) is 5.02 Å². The minimum atomic E-state index is -1.02. The first-order chi connectivity index (χ1) is 14.0. The molecule has 0 spiro atoms. The zero-order chi connectivity index (χ0) is 20.5. The Balaban J connectivity index is 2.06. The summed E-state index contributed by atoms with van der Waals surface area (Å²) in [6, 6.07) is 22.5. The van der Waals surface area contributed by atoms with Crippen molar-refractivity contribution in [1.82, 2.24) is 9.78 Å². The van der Waals surface area contributed by atoms with Crippen LogP contribution in [0.4, 0.5) is 0 Å². The summed E-state index contributed by atoms with van der Waals surface area (Å²) in [5, 5.41) is 15.4. The second-order valence-corrected chi connectivity index (χ2v) is 7.37. The Kier molecular flexibility index (Phi) is 4.95. The molecule has 0 amide bonds. The summed E-state index contributed by atoms with van der Waals surface area (Å²) in [5.41, 5.74) is 5.70. The lowest BCUT2D eigenvalue weighted by molar-refractivity contribution is 0.0698. The molecule has 0 radical (unpaired) electrons. The van der Waals surface area contributed by atoms with E-state index < -0.39 is 5.97 Å². The zero-order valence-electron chi connectivity index (χ0n) is 16.1. The van der Waals surface area contributed by atoms with Crippen molar-refractivity contribution in [2.45, 2.75) is 13.8 Å². The summed E-state index contributed by atoms with van der Waals surface area (Å²) >= 11 is 6.02. The predicted molar refractivity (Wildman–Crippen MR) is 116 cm³/mol. The van der Waals surface area contributed by atoms with Crippen LogP contribution in [0.5, 0.6) is 0 Å². The van der Waals surface area contributed by atoms with Gasteiger partial charge in [-0.15, -0.1) is 0 Å². The Morgan fingerprint density at radius 2 is 1.59 bits per heavy atom. The molecule has 4 rings (SSSR count). The van der Waals surface area contributed by atoms with Gasteiger partial charge in [0.2, 0.25) is 0 Å². The largest absolute Gasteiger partial charge is 0.478 e. The van der Waals surface area contributed by atoms with Crippen LogP contribution in [0.3, 0.4) is 0 Å². The van der Waals surface area contributed by atoms with Crippen LogP contribution in [0.15, 0.2) is 72.8 Å². The molecule has 144 valence electrons. The van der Waals surface area contributed by atoms with E-state index in [9.17, 15) is 9.90 Å². The molecule has 0 fully saturated rings. The Morgan fingerprint density at radius 3 is 2.21 bits per heavy atom. The smallest absolute Gasteiger partial charge is 0.340 e. The van der Waals surface area contributed by atoms with Gasteiger partial charge in [0.1, 0.15) is 11.3 Å². The van der Waals surface area contributed by atoms with E-state index in [-0.39, 0.29) is 5.56 Å². The molecule has 0 saturated carbocycles. The highest BCUT2D eigenvalue weighted by atomic mass is 35.5. The van der Waals surface area contributed by atoms with Crippen LogP contribution in [-0.2, 0) is 0 Å². The summed E-state index contributed by atoms with van der Waals surface area (Å²) in [4.78, 5) is 12.3. The minimum Gasteiger partial charge on any atom is -0.478 e. The molecule has 0 saturated heterocycles. The molecule has 3 aromatic carbocycles. The summed E-state index contributed by atoms with van der Waals surface area (Å²) in [5.74, 6) is -1.02. The molecule has 0 aliphatic carbocycles. The van der Waals surface area contributed by atoms with E-state index in [2.05, 4.69) is 0 Å². The van der Waals surface area contributed by atoms with Crippen molar-refractivity contribution < 1.29 is 9.90 Å². The second-order valence-electron chi connectivity index (χ2n) is 6.93. The topological polar surface area (TPSA) is 55.1 Å². The van der Waals surface area contributed by atoms with Crippen molar-refractivity contribution in [2.24, 2.45) is 0 Å². The predicted octanol–water partition coefficient (Wildman–Crippen LogP) is 6.17. The molecular formula is C24H19ClN2O2. The van der Waals surface area contributed by atoms with Crippen LogP contribution >= 0.6 is 11.6 Å². The molecule has 1 aromatic heterocycles. The molecule has 1 N–H and O–H groups in total. The van der Waals surface area contributed by atoms with Gasteiger partial charge >= 0.3 is 5.97 Å². The first-order valence-electron chi connectivity index (χ1n) is 9.21. The first kappa shape index (κ1) is 19.0. The molecule has 0 unspecified atom stereocenters. The van der Waals surface area contributed by atoms with Gasteiger partial charge in [-0.3, -0.25) is 0 Å². The van der Waals surface area contributed by atoms with E-state index in [0.29, 0.717) is 22.0 Å². The van der Waals surface area contributed by atoms with Gasteiger partial charge in [-0.2, -0.15) is 5.10 Å². The molecule has 5 heteroatoms. The van der Waals surface area contributed by atoms with Gasteiger partial charge in [-0.25, -0.2) is 9.48 Å². The molecule has 0 atom stereocenters. The quantitative estimate of drug-likeness (QED) is 0.443. The number of nitrogens with zero attached hydrogens (tertiary/aromatic N) is 2. The lowest BCUT2D eigenvalue weighted by atomic mass is 10.0. The maximum absolute atomic E-state index is 12.3. The Hall–Kier alpha value is -3.37. The number of rotatable bonds is 4. The normalized spacial score (nSPS) is 10.9. The first-order valence-corrected chi connectivity index (χ1v) is 9.59. The Morgan fingerprint density at radius 1 is 0.897 bits per heavy atom. The third-order valence-electron chi connectivity index (χ3n) is 5.00. The van der Waals surface area contributed by atoms with Crippen LogP contribution in [0.1, 0.15) is 21.5 Å². The number of carboxylic acids is 1. The average Bonchev–Trinajstić information content (AvgIpc) is 3.12. The minimum absolute atomic E-state index is 0.164. The average molecular weight is 403 g/mol. The standard InChI is InChI=1S/C24H19ClN2O2/c1-15-8-13-20(14-16(15)2)27-23(18-6-4-3-5-7-18)21(24(28)29)22(26-27)17-9-11-19(25)12-10-17/h3-14H,1-2H3,(H,28,29). The van der Waals surface area contributed by atoms with E-state index in [1.807, 2.05) is 62.4 Å². The molecule has 29 heavy (non-hydrogen) atoms. The number of aromatic nitrogens is 2. The number of carboxylic acid groups (broad SMARTS) is 1. The van der Waals surface area contributed by atoms with Crippen LogP contribution in [-0.4, -0.2) is 20.9 Å². The molecular weight excluding hydrogens is 384 g/mol. The summed E-state index contributed by atoms with van der Waals surface area (Å²) in [7, 11) is 0. The fourth-order valence-electron chi connectivity index (χ4n) is 3.34. The number of aryl methyl sites for hydroxylation is 2. The Bertz CT molecular complexity index is 1200. The van der Waals surface area contributed by atoms with E-state index >= 15 is 0 Å². The van der Waals surface area contributed by atoms with Gasteiger partial charge in [-0.1, -0.05) is 60.1 Å². The van der Waals surface area contributed by atoms with E-state index in [1.54, 1.807) is 28.9 Å². The highest BCUT2D eigenvalue weighted by Crippen LogP contribution is 2.35. The Labute approximate surface area is 174 Å². The molecule has 1 heterocycles. The van der Waals surface area contributed by atoms with Gasteiger partial charge in [-0.05, 0) is 49.2 Å². The van der Waals surface area contributed by atoms with E-state index in [4.69, 9.17) is 16.7 Å². The number of benzene rings is 3. The number of halogens is 1. The van der Waals surface area contributed by atoms with Crippen molar-refractivity contribution in [3.05, 3.63) is 94.5 Å². The van der Waals surface area contributed by atoms with E-state index in [1.165, 1.54) is 5.56 Å². The van der Waals surface area contributed by atoms with Crippen molar-refractivity contribution in [2.75, 3.05) is 0 Å². The van der Waals surface area contributed by atoms with Gasteiger partial charge in [0.25, 0.3) is 0 Å². The molecule has 0 bridgehead atoms. The number of hydrogen-bond acceptors (Lipinski definition) is 2. The maximum Gasteiger partial charge on any atom is 0.340 e. The van der Waals surface area contributed by atoms with Crippen molar-refractivity contribution in [3.8, 4) is 28.2 Å². The fraction of sp³-hybridized carbons (Fsp3) is 0.0833. The van der Waals surface area contributed by atoms with Crippen molar-refractivity contribution >= 4 is 17.6 Å². The highest BCUT2D eigenvalue weighted by Gasteiger charge is 2.26. The molecule has 4 aromatic rings. The summed E-state index contributed by atoms with van der Waals surface area (Å²) in [6.45, 7) is 4.07. The molecule has 0 aliphatic rings. The fourth-order valence-corrected chi connectivity index (χ4v) is 3.46. The van der Waals surface area contributed by atoms with Gasteiger partial charge in [0.05, 0.1) is 11.4 Å². The number of carbonyl (C=O) groups is 1. The lowest BCUT2D eigenvalue weighted by Crippen LogP contribution is -2.03. The third kappa shape index (κ3) is 3.55. The lowest BCUT2D eigenvalue weighted by Gasteiger charge is -2.10. The molecule has 4 nitrogen and oxygen atoms in total. The maximum atomic E-state index is 12.3. The van der Waals surface area contributed by atoms with Crippen LogP contribution in [0, 0.1) is 13.8 Å². The van der Waals surface area contributed by atoms with E-state index in [0.717, 1.165) is 16.8 Å². The van der Waals surface area contributed by atoms with Gasteiger partial charge < -0.3 is 5.11 Å². The molecule has 0 aliphatic heterocycles. The van der Waals surface area contributed by atoms with Crippen molar-refractivity contribution in [1.29, 1.82) is 0 Å². The zero-order valence-corrected chi connectivity index (χ0v) is 16.8. The summed E-state index contributed by atoms with van der Waals surface area (Å²) in [6.07, 6.45) is 0. The number of aromatic carboxylic acids is 1. The van der Waals surface area contributed by atoms with Crippen molar-refractivity contribution in [3.63, 3.8) is 0 Å². The van der Waals surface area contributed by atoms with Gasteiger partial charge in [0.15, 0.2) is 0 Å². The summed E-state index contributed by atoms with van der Waals surface area (Å²) < 4.78 is 1.72. The van der Waals surface area contributed by atoms with Gasteiger partial charge in [0, 0.05) is 16.1 Å².